The molecule has 1 aromatic carbocycles. The summed E-state index contributed by atoms with van der Waals surface area (Å²) >= 11 is 17.3. The zero-order chi connectivity index (χ0) is 14.5. The molecule has 0 heterocycles. The number of hydrogen-bond donors (Lipinski definition) is 1. The van der Waals surface area contributed by atoms with E-state index in [1.54, 1.807) is 6.07 Å². The number of halogens is 3. The fourth-order valence-electron chi connectivity index (χ4n) is 1.37. The highest BCUT2D eigenvalue weighted by Gasteiger charge is 2.11. The van der Waals surface area contributed by atoms with Crippen molar-refractivity contribution >= 4 is 34.8 Å². The summed E-state index contributed by atoms with van der Waals surface area (Å²) in [6.07, 6.45) is 0. The van der Waals surface area contributed by atoms with Crippen LogP contribution in [0.2, 0.25) is 5.02 Å². The second kappa shape index (κ2) is 7.39. The summed E-state index contributed by atoms with van der Waals surface area (Å²) in [6.45, 7) is 7.22. The van der Waals surface area contributed by atoms with Gasteiger partial charge in [0.1, 0.15) is 12.4 Å². The van der Waals surface area contributed by atoms with Crippen LogP contribution in [-0.4, -0.2) is 12.1 Å². The molecule has 0 aliphatic rings. The van der Waals surface area contributed by atoms with Crippen molar-refractivity contribution in [3.63, 3.8) is 0 Å². The molecule has 1 aromatic rings. The zero-order valence-corrected chi connectivity index (χ0v) is 13.5. The van der Waals surface area contributed by atoms with Gasteiger partial charge in [0.05, 0.1) is 5.03 Å². The molecular formula is C14H18Cl3NO. The van der Waals surface area contributed by atoms with Crippen LogP contribution in [0.4, 0.5) is 0 Å². The van der Waals surface area contributed by atoms with Crippen LogP contribution in [0.15, 0.2) is 28.8 Å². The number of rotatable bonds is 5. The van der Waals surface area contributed by atoms with Crippen molar-refractivity contribution in [3.05, 3.63) is 39.4 Å². The van der Waals surface area contributed by atoms with Crippen molar-refractivity contribution in [1.82, 2.24) is 5.32 Å². The lowest BCUT2D eigenvalue weighted by molar-refractivity contribution is 0.349. The van der Waals surface area contributed by atoms with Gasteiger partial charge in [0, 0.05) is 28.2 Å². The SMILES string of the molecule is CC(C)(C)NCc1cc(Cl)ccc1OCC(Cl)=CCl. The van der Waals surface area contributed by atoms with Crippen molar-refractivity contribution in [3.8, 4) is 5.75 Å². The molecule has 0 unspecified atom stereocenters. The fourth-order valence-corrected chi connectivity index (χ4v) is 1.68. The van der Waals surface area contributed by atoms with E-state index in [1.807, 2.05) is 12.1 Å². The summed E-state index contributed by atoms with van der Waals surface area (Å²) in [6, 6.07) is 5.50. The molecule has 2 nitrogen and oxygen atoms in total. The highest BCUT2D eigenvalue weighted by Crippen LogP contribution is 2.24. The van der Waals surface area contributed by atoms with Gasteiger partial charge >= 0.3 is 0 Å². The molecule has 0 spiro atoms. The average Bonchev–Trinajstić information content (AvgIpc) is 2.33. The van der Waals surface area contributed by atoms with Crippen LogP contribution < -0.4 is 10.1 Å². The molecule has 106 valence electrons. The van der Waals surface area contributed by atoms with Crippen LogP contribution in [0, 0.1) is 0 Å². The number of nitrogens with one attached hydrogen (secondary N) is 1. The van der Waals surface area contributed by atoms with Gasteiger partial charge < -0.3 is 10.1 Å². The van der Waals surface area contributed by atoms with E-state index in [-0.39, 0.29) is 12.1 Å². The van der Waals surface area contributed by atoms with Crippen molar-refractivity contribution in [2.45, 2.75) is 32.9 Å². The van der Waals surface area contributed by atoms with Gasteiger partial charge in [0.2, 0.25) is 0 Å². The minimum Gasteiger partial charge on any atom is -0.488 e. The summed E-state index contributed by atoms with van der Waals surface area (Å²) in [5.74, 6) is 0.748. The van der Waals surface area contributed by atoms with Gasteiger partial charge in [-0.05, 0) is 39.0 Å². The van der Waals surface area contributed by atoms with Gasteiger partial charge in [-0.1, -0.05) is 34.8 Å². The molecular weight excluding hydrogens is 305 g/mol. The van der Waals surface area contributed by atoms with Crippen LogP contribution in [0.1, 0.15) is 26.3 Å². The number of ether oxygens (including phenoxy) is 1. The fraction of sp³-hybridized carbons (Fsp3) is 0.429. The highest BCUT2D eigenvalue weighted by molar-refractivity contribution is 6.36. The largest absolute Gasteiger partial charge is 0.488 e. The third-order valence-corrected chi connectivity index (χ3v) is 3.14. The van der Waals surface area contributed by atoms with E-state index in [9.17, 15) is 0 Å². The van der Waals surface area contributed by atoms with E-state index in [2.05, 4.69) is 26.1 Å². The van der Waals surface area contributed by atoms with E-state index in [1.165, 1.54) is 5.54 Å². The Hall–Kier alpha value is -0.410. The first-order valence-corrected chi connectivity index (χ1v) is 7.12. The molecule has 0 aliphatic heterocycles. The summed E-state index contributed by atoms with van der Waals surface area (Å²) in [5, 5.41) is 4.52. The Bertz CT molecular complexity index is 452. The molecule has 0 saturated heterocycles. The summed E-state index contributed by atoms with van der Waals surface area (Å²) in [7, 11) is 0. The molecule has 0 bridgehead atoms. The Morgan fingerprint density at radius 2 is 2.05 bits per heavy atom. The van der Waals surface area contributed by atoms with Gasteiger partial charge in [-0.25, -0.2) is 0 Å². The Morgan fingerprint density at radius 1 is 1.37 bits per heavy atom. The van der Waals surface area contributed by atoms with Crippen molar-refractivity contribution in [2.24, 2.45) is 0 Å². The lowest BCUT2D eigenvalue weighted by atomic mass is 10.1. The van der Waals surface area contributed by atoms with Crippen LogP contribution in [0.5, 0.6) is 5.75 Å². The topological polar surface area (TPSA) is 21.3 Å². The van der Waals surface area contributed by atoms with Crippen LogP contribution in [0.3, 0.4) is 0 Å². The maximum atomic E-state index is 6.01. The van der Waals surface area contributed by atoms with E-state index in [0.717, 1.165) is 11.3 Å². The lowest BCUT2D eigenvalue weighted by Crippen LogP contribution is -2.35. The summed E-state index contributed by atoms with van der Waals surface area (Å²) < 4.78 is 5.63. The van der Waals surface area contributed by atoms with E-state index >= 15 is 0 Å². The Morgan fingerprint density at radius 3 is 2.63 bits per heavy atom. The molecule has 0 fully saturated rings. The highest BCUT2D eigenvalue weighted by atomic mass is 35.5. The summed E-state index contributed by atoms with van der Waals surface area (Å²) in [4.78, 5) is 0. The van der Waals surface area contributed by atoms with Gasteiger partial charge in [0.25, 0.3) is 0 Å². The molecule has 1 rings (SSSR count). The molecule has 1 N–H and O–H groups in total. The first-order valence-electron chi connectivity index (χ1n) is 5.93. The van der Waals surface area contributed by atoms with E-state index in [0.29, 0.717) is 16.6 Å². The normalized spacial score (nSPS) is 12.6. The first kappa shape index (κ1) is 16.6. The molecule has 0 amide bonds. The molecule has 0 atom stereocenters. The van der Waals surface area contributed by atoms with Gasteiger partial charge in [-0.2, -0.15) is 0 Å². The van der Waals surface area contributed by atoms with E-state index in [4.69, 9.17) is 39.5 Å². The van der Waals surface area contributed by atoms with Crippen molar-refractivity contribution in [2.75, 3.05) is 6.61 Å². The maximum absolute atomic E-state index is 6.01. The van der Waals surface area contributed by atoms with Gasteiger partial charge in [-0.15, -0.1) is 0 Å². The van der Waals surface area contributed by atoms with Crippen molar-refractivity contribution in [1.29, 1.82) is 0 Å². The zero-order valence-electron chi connectivity index (χ0n) is 11.3. The third-order valence-electron chi connectivity index (χ3n) is 2.32. The molecule has 5 heteroatoms. The average molecular weight is 323 g/mol. The van der Waals surface area contributed by atoms with Crippen LogP contribution >= 0.6 is 34.8 Å². The third kappa shape index (κ3) is 6.53. The second-order valence-corrected chi connectivity index (χ2v) is 6.34. The Balaban J connectivity index is 2.79. The van der Waals surface area contributed by atoms with E-state index < -0.39 is 0 Å². The molecule has 0 saturated carbocycles. The summed E-state index contributed by atoms with van der Waals surface area (Å²) in [5.41, 5.74) is 2.30. The predicted molar refractivity (Wildman–Crippen MR) is 83.3 cm³/mol. The smallest absolute Gasteiger partial charge is 0.125 e. The lowest BCUT2D eigenvalue weighted by Gasteiger charge is -2.21. The molecule has 0 aliphatic carbocycles. The molecule has 0 radical (unpaired) electrons. The van der Waals surface area contributed by atoms with Gasteiger partial charge in [0.15, 0.2) is 0 Å². The quantitative estimate of drug-likeness (QED) is 0.830. The second-order valence-electron chi connectivity index (χ2n) is 5.20. The van der Waals surface area contributed by atoms with Crippen LogP contribution in [-0.2, 0) is 6.54 Å². The number of hydrogen-bond acceptors (Lipinski definition) is 2. The maximum Gasteiger partial charge on any atom is 0.125 e. The first-order chi connectivity index (χ1) is 8.81. The van der Waals surface area contributed by atoms with Gasteiger partial charge in [-0.3, -0.25) is 0 Å². The minimum absolute atomic E-state index is 0.0211. The van der Waals surface area contributed by atoms with Crippen LogP contribution in [0.25, 0.3) is 0 Å². The standard InChI is InChI=1S/C14H18Cl3NO/c1-14(2,3)18-8-10-6-11(16)4-5-13(10)19-9-12(17)7-15/h4-7,18H,8-9H2,1-3H3. The predicted octanol–water partition coefficient (Wildman–Crippen LogP) is 4.93. The number of benzene rings is 1. The molecule has 19 heavy (non-hydrogen) atoms. The molecule has 0 aromatic heterocycles. The Kier molecular flexibility index (Phi) is 6.48. The minimum atomic E-state index is 0.0211. The van der Waals surface area contributed by atoms with Crippen molar-refractivity contribution < 1.29 is 4.74 Å². The monoisotopic (exact) mass is 321 g/mol. The Labute approximate surface area is 129 Å².